The highest BCUT2D eigenvalue weighted by atomic mass is 16.3. The van der Waals surface area contributed by atoms with Crippen LogP contribution in [0, 0.1) is 0 Å². The average Bonchev–Trinajstić information content (AvgIpc) is 2.91. The van der Waals surface area contributed by atoms with Crippen molar-refractivity contribution < 1.29 is 20.1 Å². The predicted octanol–water partition coefficient (Wildman–Crippen LogP) is -0.501. The lowest BCUT2D eigenvalue weighted by Gasteiger charge is -2.38. The Labute approximate surface area is 117 Å². The van der Waals surface area contributed by atoms with E-state index >= 15 is 0 Å². The van der Waals surface area contributed by atoms with Crippen molar-refractivity contribution in [1.29, 1.82) is 0 Å². The zero-order valence-corrected chi connectivity index (χ0v) is 11.4. The van der Waals surface area contributed by atoms with E-state index in [-0.39, 0.29) is 12.5 Å². The molecule has 7 heteroatoms. The van der Waals surface area contributed by atoms with E-state index in [0.29, 0.717) is 12.2 Å². The zero-order valence-electron chi connectivity index (χ0n) is 11.4. The first-order valence-electron chi connectivity index (χ1n) is 6.89. The fraction of sp³-hybridized carbons (Fsp3) is 0.692. The van der Waals surface area contributed by atoms with E-state index in [1.54, 1.807) is 10.8 Å². The molecule has 1 aliphatic heterocycles. The van der Waals surface area contributed by atoms with E-state index in [9.17, 15) is 20.1 Å². The number of nitrogens with zero attached hydrogens (tertiary/aromatic N) is 2. The number of carbonyl (C=O) groups is 1. The highest BCUT2D eigenvalue weighted by molar-refractivity contribution is 5.76. The molecule has 1 amide bonds. The molecular formula is C13H21N3O4. The maximum Gasteiger partial charge on any atom is 0.220 e. The van der Waals surface area contributed by atoms with Crippen molar-refractivity contribution in [3.63, 3.8) is 0 Å². The monoisotopic (exact) mass is 283 g/mol. The number of nitrogens with one attached hydrogen (secondary N) is 1. The molecule has 0 radical (unpaired) electrons. The second-order valence-electron chi connectivity index (χ2n) is 5.07. The van der Waals surface area contributed by atoms with Gasteiger partial charge in [0.2, 0.25) is 5.91 Å². The van der Waals surface area contributed by atoms with Crippen molar-refractivity contribution >= 4 is 5.91 Å². The molecule has 20 heavy (non-hydrogen) atoms. The normalized spacial score (nSPS) is 29.0. The average molecular weight is 283 g/mol. The van der Waals surface area contributed by atoms with E-state index in [1.807, 2.05) is 6.92 Å². The summed E-state index contributed by atoms with van der Waals surface area (Å²) in [5.41, 5.74) is 0. The van der Waals surface area contributed by atoms with E-state index in [1.165, 1.54) is 6.20 Å². The highest BCUT2D eigenvalue weighted by Crippen LogP contribution is 2.31. The van der Waals surface area contributed by atoms with Crippen LogP contribution in [0.3, 0.4) is 0 Å². The summed E-state index contributed by atoms with van der Waals surface area (Å²) in [7, 11) is 0. The van der Waals surface area contributed by atoms with Gasteiger partial charge in [-0.15, -0.1) is 0 Å². The molecule has 0 fully saturated rings. The van der Waals surface area contributed by atoms with Gasteiger partial charge in [0.1, 0.15) is 24.1 Å². The van der Waals surface area contributed by atoms with Crippen LogP contribution in [0.1, 0.15) is 44.1 Å². The Bertz CT molecular complexity index is 462. The van der Waals surface area contributed by atoms with Crippen molar-refractivity contribution in [3.8, 4) is 0 Å². The van der Waals surface area contributed by atoms with Crippen molar-refractivity contribution in [3.05, 3.63) is 18.2 Å². The summed E-state index contributed by atoms with van der Waals surface area (Å²) < 4.78 is 1.60. The molecule has 1 aliphatic rings. The summed E-state index contributed by atoms with van der Waals surface area (Å²) in [6, 6.07) is -1.40. The third-order valence-electron chi connectivity index (χ3n) is 3.68. The van der Waals surface area contributed by atoms with Crippen molar-refractivity contribution in [2.24, 2.45) is 0 Å². The van der Waals surface area contributed by atoms with Crippen molar-refractivity contribution in [2.45, 2.75) is 50.5 Å². The molecule has 112 valence electrons. The van der Waals surface area contributed by atoms with Crippen LogP contribution in [0.25, 0.3) is 0 Å². The molecule has 0 saturated heterocycles. The molecule has 0 saturated carbocycles. The maximum atomic E-state index is 11.8. The van der Waals surface area contributed by atoms with Crippen LogP contribution >= 0.6 is 0 Å². The van der Waals surface area contributed by atoms with Gasteiger partial charge in [0.25, 0.3) is 0 Å². The fourth-order valence-electron chi connectivity index (χ4n) is 2.52. The number of fused-ring (bicyclic) bond motifs is 1. The molecule has 0 bridgehead atoms. The molecule has 2 heterocycles. The second-order valence-corrected chi connectivity index (χ2v) is 5.07. The summed E-state index contributed by atoms with van der Waals surface area (Å²) in [6.45, 7) is 1.68. The molecular weight excluding hydrogens is 262 g/mol. The Morgan fingerprint density at radius 2 is 2.20 bits per heavy atom. The number of unbranched alkanes of at least 4 members (excludes halogenated alkanes) is 1. The van der Waals surface area contributed by atoms with Crippen LogP contribution in [0.5, 0.6) is 0 Å². The molecule has 0 aromatic carbocycles. The molecule has 4 N–H and O–H groups in total. The first-order chi connectivity index (χ1) is 9.60. The van der Waals surface area contributed by atoms with Gasteiger partial charge in [0.15, 0.2) is 0 Å². The molecule has 1 aromatic heterocycles. The summed E-state index contributed by atoms with van der Waals surface area (Å²) >= 11 is 0. The van der Waals surface area contributed by atoms with Crippen LogP contribution < -0.4 is 5.32 Å². The second kappa shape index (κ2) is 6.34. The SMILES string of the molecule is CCCCC(=O)N[C@H]1c2nccn2[C@H](CO)[C@@H](O)[C@@H]1O. The van der Waals surface area contributed by atoms with Crippen molar-refractivity contribution in [2.75, 3.05) is 6.61 Å². The van der Waals surface area contributed by atoms with Gasteiger partial charge in [0, 0.05) is 18.8 Å². The topological polar surface area (TPSA) is 108 Å². The lowest BCUT2D eigenvalue weighted by atomic mass is 9.94. The van der Waals surface area contributed by atoms with Gasteiger partial charge >= 0.3 is 0 Å². The predicted molar refractivity (Wildman–Crippen MR) is 70.8 cm³/mol. The zero-order chi connectivity index (χ0) is 14.7. The molecule has 4 atom stereocenters. The molecule has 0 spiro atoms. The quantitative estimate of drug-likeness (QED) is 0.582. The Morgan fingerprint density at radius 3 is 2.85 bits per heavy atom. The Balaban J connectivity index is 2.18. The lowest BCUT2D eigenvalue weighted by molar-refractivity contribution is -0.125. The molecule has 7 nitrogen and oxygen atoms in total. The van der Waals surface area contributed by atoms with Crippen LogP contribution in [0.4, 0.5) is 0 Å². The smallest absolute Gasteiger partial charge is 0.220 e. The minimum absolute atomic E-state index is 0.180. The van der Waals surface area contributed by atoms with Gasteiger partial charge < -0.3 is 25.2 Å². The van der Waals surface area contributed by atoms with Crippen molar-refractivity contribution in [1.82, 2.24) is 14.9 Å². The number of aliphatic hydroxyl groups excluding tert-OH is 3. The Hall–Kier alpha value is -1.44. The molecule has 2 rings (SSSR count). The number of carbonyl (C=O) groups excluding carboxylic acids is 1. The number of aromatic nitrogens is 2. The van der Waals surface area contributed by atoms with E-state index in [4.69, 9.17) is 0 Å². The van der Waals surface area contributed by atoms with Crippen LogP contribution in [0.2, 0.25) is 0 Å². The number of rotatable bonds is 5. The van der Waals surface area contributed by atoms with Gasteiger partial charge in [0.05, 0.1) is 12.6 Å². The number of imidazole rings is 1. The largest absolute Gasteiger partial charge is 0.394 e. The van der Waals surface area contributed by atoms with Gasteiger partial charge in [-0.05, 0) is 6.42 Å². The number of aliphatic hydroxyl groups is 3. The van der Waals surface area contributed by atoms with Gasteiger partial charge in [-0.25, -0.2) is 4.98 Å². The van der Waals surface area contributed by atoms with Gasteiger partial charge in [-0.2, -0.15) is 0 Å². The summed E-state index contributed by atoms with van der Waals surface area (Å²) in [4.78, 5) is 15.9. The third-order valence-corrected chi connectivity index (χ3v) is 3.68. The van der Waals surface area contributed by atoms with E-state index in [2.05, 4.69) is 10.3 Å². The minimum atomic E-state index is -1.19. The van der Waals surface area contributed by atoms with E-state index < -0.39 is 24.3 Å². The van der Waals surface area contributed by atoms with Crippen LogP contribution in [-0.4, -0.2) is 49.6 Å². The first-order valence-corrected chi connectivity index (χ1v) is 6.89. The standard InChI is InChI=1S/C13H21N3O4/c1-2-3-4-9(18)15-10-12(20)11(19)8(7-17)16-6-5-14-13(10)16/h5-6,8,10-12,17,19-20H,2-4,7H2,1H3,(H,15,18)/t8-,10-,11-,12-/m1/s1. The van der Waals surface area contributed by atoms with Crippen LogP contribution in [-0.2, 0) is 4.79 Å². The number of hydrogen-bond donors (Lipinski definition) is 4. The summed E-state index contributed by atoms with van der Waals surface area (Å²) in [5.74, 6) is 0.270. The number of amides is 1. The fourth-order valence-corrected chi connectivity index (χ4v) is 2.52. The number of hydrogen-bond acceptors (Lipinski definition) is 5. The van der Waals surface area contributed by atoms with E-state index in [0.717, 1.165) is 12.8 Å². The molecule has 1 aromatic rings. The highest BCUT2D eigenvalue weighted by Gasteiger charge is 2.42. The maximum absolute atomic E-state index is 11.8. The molecule has 0 aliphatic carbocycles. The van der Waals surface area contributed by atoms with Crippen LogP contribution in [0.15, 0.2) is 12.4 Å². The lowest BCUT2D eigenvalue weighted by Crippen LogP contribution is -2.51. The first kappa shape index (κ1) is 15.0. The van der Waals surface area contributed by atoms with Gasteiger partial charge in [-0.1, -0.05) is 13.3 Å². The summed E-state index contributed by atoms with van der Waals surface area (Å²) in [5, 5.41) is 32.2. The summed E-state index contributed by atoms with van der Waals surface area (Å²) in [6.07, 6.45) is 2.85. The van der Waals surface area contributed by atoms with Gasteiger partial charge in [-0.3, -0.25) is 4.79 Å². The Kier molecular flexibility index (Phi) is 4.74. The molecule has 0 unspecified atom stereocenters. The third kappa shape index (κ3) is 2.70. The minimum Gasteiger partial charge on any atom is -0.394 e. The Morgan fingerprint density at radius 1 is 1.45 bits per heavy atom.